The molecule has 0 saturated heterocycles. The van der Waals surface area contributed by atoms with Crippen molar-refractivity contribution in [3.8, 4) is 0 Å². The lowest BCUT2D eigenvalue weighted by atomic mass is 9.96. The number of hydrogen-bond donors (Lipinski definition) is 1. The van der Waals surface area contributed by atoms with Crippen LogP contribution in [0.15, 0.2) is 24.3 Å². The molecule has 4 heteroatoms. The highest BCUT2D eigenvalue weighted by Crippen LogP contribution is 2.13. The summed E-state index contributed by atoms with van der Waals surface area (Å²) in [7, 11) is -0.959. The number of nitrogens with one attached hydrogen (secondary N) is 1. The first-order valence-electron chi connectivity index (χ1n) is 6.28. The topological polar surface area (TPSA) is 46.2 Å². The fourth-order valence-corrected chi connectivity index (χ4v) is 2.76. The van der Waals surface area contributed by atoms with Gasteiger partial charge in [0.2, 0.25) is 0 Å². The molecule has 0 radical (unpaired) electrons. The molecule has 0 spiro atoms. The molecule has 0 amide bonds. The predicted octanol–water partition coefficient (Wildman–Crippen LogP) is 1.81. The van der Waals surface area contributed by atoms with Gasteiger partial charge in [0.1, 0.15) is 9.84 Å². The SMILES string of the molecule is CNCC(CCS(C)(=O)=O)Cc1ccc(C)cc1. The van der Waals surface area contributed by atoms with Gasteiger partial charge in [-0.05, 0) is 44.8 Å². The molecule has 0 heterocycles. The Bertz CT molecular complexity index is 451. The Balaban J connectivity index is 2.59. The van der Waals surface area contributed by atoms with Gasteiger partial charge >= 0.3 is 0 Å². The highest BCUT2D eigenvalue weighted by atomic mass is 32.2. The highest BCUT2D eigenvalue weighted by Gasteiger charge is 2.12. The van der Waals surface area contributed by atoms with Crippen LogP contribution in [0.5, 0.6) is 0 Å². The van der Waals surface area contributed by atoms with Crippen LogP contribution in [0.1, 0.15) is 17.5 Å². The minimum absolute atomic E-state index is 0.269. The van der Waals surface area contributed by atoms with Crippen LogP contribution in [-0.2, 0) is 16.3 Å². The molecule has 102 valence electrons. The zero-order valence-corrected chi connectivity index (χ0v) is 12.3. The number of aryl methyl sites for hydroxylation is 1. The highest BCUT2D eigenvalue weighted by molar-refractivity contribution is 7.90. The van der Waals surface area contributed by atoms with Crippen LogP contribution >= 0.6 is 0 Å². The van der Waals surface area contributed by atoms with Crippen LogP contribution in [0.3, 0.4) is 0 Å². The molecule has 1 N–H and O–H groups in total. The Kier molecular flexibility index (Phi) is 5.82. The van der Waals surface area contributed by atoms with Crippen molar-refractivity contribution in [2.45, 2.75) is 19.8 Å². The molecule has 1 aromatic rings. The second kappa shape index (κ2) is 6.90. The Morgan fingerprint density at radius 3 is 2.33 bits per heavy atom. The molecule has 0 fully saturated rings. The van der Waals surface area contributed by atoms with Gasteiger partial charge in [0.25, 0.3) is 0 Å². The first kappa shape index (κ1) is 15.2. The Hall–Kier alpha value is -0.870. The fourth-order valence-electron chi connectivity index (χ4n) is 2.00. The summed E-state index contributed by atoms with van der Waals surface area (Å²) in [5.41, 5.74) is 2.52. The van der Waals surface area contributed by atoms with E-state index in [0.29, 0.717) is 12.3 Å². The third-order valence-electron chi connectivity index (χ3n) is 3.03. The van der Waals surface area contributed by atoms with Crippen molar-refractivity contribution in [3.63, 3.8) is 0 Å². The van der Waals surface area contributed by atoms with Gasteiger partial charge in [0.15, 0.2) is 0 Å². The van der Waals surface area contributed by atoms with Crippen LogP contribution in [0.2, 0.25) is 0 Å². The normalized spacial score (nSPS) is 13.5. The van der Waals surface area contributed by atoms with Gasteiger partial charge in [-0.25, -0.2) is 8.42 Å². The number of benzene rings is 1. The summed E-state index contributed by atoms with van der Waals surface area (Å²) >= 11 is 0. The summed E-state index contributed by atoms with van der Waals surface area (Å²) in [5, 5.41) is 3.14. The van der Waals surface area contributed by atoms with Crippen molar-refractivity contribution >= 4 is 9.84 Å². The van der Waals surface area contributed by atoms with E-state index in [4.69, 9.17) is 0 Å². The van der Waals surface area contributed by atoms with E-state index in [1.54, 1.807) is 0 Å². The molecule has 1 rings (SSSR count). The Labute approximate surface area is 111 Å². The van der Waals surface area contributed by atoms with Gasteiger partial charge in [-0.2, -0.15) is 0 Å². The smallest absolute Gasteiger partial charge is 0.147 e. The van der Waals surface area contributed by atoms with Crippen molar-refractivity contribution in [1.29, 1.82) is 0 Å². The lowest BCUT2D eigenvalue weighted by molar-refractivity contribution is 0.478. The molecule has 1 atom stereocenters. The molecule has 1 unspecified atom stereocenters. The summed E-state index contributed by atoms with van der Waals surface area (Å²) in [4.78, 5) is 0. The minimum atomic E-state index is -2.86. The summed E-state index contributed by atoms with van der Waals surface area (Å²) in [6.45, 7) is 2.92. The first-order valence-corrected chi connectivity index (χ1v) is 8.34. The van der Waals surface area contributed by atoms with E-state index in [2.05, 4.69) is 36.5 Å². The van der Waals surface area contributed by atoms with Gasteiger partial charge in [0.05, 0.1) is 5.75 Å². The van der Waals surface area contributed by atoms with Crippen molar-refractivity contribution in [1.82, 2.24) is 5.32 Å². The molecule has 0 aromatic heterocycles. The van der Waals surface area contributed by atoms with Crippen LogP contribution in [0.4, 0.5) is 0 Å². The molecular weight excluding hydrogens is 246 g/mol. The molecule has 0 bridgehead atoms. The Morgan fingerprint density at radius 1 is 1.22 bits per heavy atom. The molecule has 0 aliphatic heterocycles. The third-order valence-corrected chi connectivity index (χ3v) is 4.01. The average molecular weight is 269 g/mol. The van der Waals surface area contributed by atoms with Crippen molar-refractivity contribution in [2.75, 3.05) is 25.6 Å². The zero-order chi connectivity index (χ0) is 13.6. The van der Waals surface area contributed by atoms with E-state index >= 15 is 0 Å². The number of hydrogen-bond acceptors (Lipinski definition) is 3. The molecule has 0 aliphatic carbocycles. The molecule has 0 saturated carbocycles. The van der Waals surface area contributed by atoms with Crippen molar-refractivity contribution in [3.05, 3.63) is 35.4 Å². The first-order chi connectivity index (χ1) is 8.40. The van der Waals surface area contributed by atoms with Crippen LogP contribution in [-0.4, -0.2) is 34.0 Å². The Morgan fingerprint density at radius 2 is 1.83 bits per heavy atom. The maximum Gasteiger partial charge on any atom is 0.147 e. The monoisotopic (exact) mass is 269 g/mol. The van der Waals surface area contributed by atoms with Gasteiger partial charge in [-0.3, -0.25) is 0 Å². The van der Waals surface area contributed by atoms with E-state index in [1.165, 1.54) is 17.4 Å². The van der Waals surface area contributed by atoms with Gasteiger partial charge in [-0.1, -0.05) is 29.8 Å². The quantitative estimate of drug-likeness (QED) is 0.821. The van der Waals surface area contributed by atoms with E-state index in [0.717, 1.165) is 13.0 Å². The maximum atomic E-state index is 11.2. The molecule has 0 aliphatic rings. The second-order valence-electron chi connectivity index (χ2n) is 5.03. The lowest BCUT2D eigenvalue weighted by Crippen LogP contribution is -2.23. The largest absolute Gasteiger partial charge is 0.319 e. The van der Waals surface area contributed by atoms with E-state index < -0.39 is 9.84 Å². The van der Waals surface area contributed by atoms with Crippen molar-refractivity contribution < 1.29 is 8.42 Å². The van der Waals surface area contributed by atoms with Gasteiger partial charge in [-0.15, -0.1) is 0 Å². The fraction of sp³-hybridized carbons (Fsp3) is 0.571. The minimum Gasteiger partial charge on any atom is -0.319 e. The third kappa shape index (κ3) is 6.17. The predicted molar refractivity (Wildman–Crippen MR) is 76.6 cm³/mol. The molecule has 18 heavy (non-hydrogen) atoms. The van der Waals surface area contributed by atoms with Crippen LogP contribution < -0.4 is 5.32 Å². The van der Waals surface area contributed by atoms with Crippen molar-refractivity contribution in [2.24, 2.45) is 5.92 Å². The lowest BCUT2D eigenvalue weighted by Gasteiger charge is -2.16. The van der Waals surface area contributed by atoms with E-state index in [1.807, 2.05) is 7.05 Å². The second-order valence-corrected chi connectivity index (χ2v) is 7.29. The molecule has 3 nitrogen and oxygen atoms in total. The van der Waals surface area contributed by atoms with Gasteiger partial charge < -0.3 is 5.32 Å². The van der Waals surface area contributed by atoms with Crippen LogP contribution in [0, 0.1) is 12.8 Å². The molecule has 1 aromatic carbocycles. The number of sulfone groups is 1. The summed E-state index contributed by atoms with van der Waals surface area (Å²) in [6, 6.07) is 8.45. The van der Waals surface area contributed by atoms with E-state index in [-0.39, 0.29) is 5.75 Å². The maximum absolute atomic E-state index is 11.2. The van der Waals surface area contributed by atoms with Crippen LogP contribution in [0.25, 0.3) is 0 Å². The summed E-state index contributed by atoms with van der Waals surface area (Å²) in [6.07, 6.45) is 2.94. The molecular formula is C14H23NO2S. The summed E-state index contributed by atoms with van der Waals surface area (Å²) in [5.74, 6) is 0.637. The zero-order valence-electron chi connectivity index (χ0n) is 11.4. The summed E-state index contributed by atoms with van der Waals surface area (Å²) < 4.78 is 22.4. The standard InChI is InChI=1S/C14H23NO2S/c1-12-4-6-13(7-5-12)10-14(11-15-2)8-9-18(3,16)17/h4-7,14-15H,8-11H2,1-3H3. The van der Waals surface area contributed by atoms with Gasteiger partial charge in [0, 0.05) is 6.26 Å². The number of rotatable bonds is 7. The van der Waals surface area contributed by atoms with E-state index in [9.17, 15) is 8.42 Å². The average Bonchev–Trinajstić information content (AvgIpc) is 2.28.